The Bertz CT molecular complexity index is 821. The third kappa shape index (κ3) is 3.23. The Morgan fingerprint density at radius 3 is 2.58 bits per heavy atom. The number of benzene rings is 1. The number of imide groups is 2. The van der Waals surface area contributed by atoms with Crippen molar-refractivity contribution < 1.29 is 14.4 Å². The standard InChI is InChI=1S/C16H11BrN4O3/c17-10-3-5-12(6-4-10)21-15(23)13(14(22)20-16(21)24)9-19-11-2-1-7-18-8-11/h1-9,13H,(H,20,22,24)/t13-/m1/s1. The van der Waals surface area contributed by atoms with Gasteiger partial charge in [-0.3, -0.25) is 24.9 Å². The Hall–Kier alpha value is -2.87. The number of carbonyl (C=O) groups excluding carboxylic acids is 3. The largest absolute Gasteiger partial charge is 0.335 e. The number of halogens is 1. The molecule has 2 heterocycles. The number of nitrogens with zero attached hydrogens (tertiary/aromatic N) is 3. The van der Waals surface area contributed by atoms with Crippen molar-refractivity contribution in [1.29, 1.82) is 0 Å². The van der Waals surface area contributed by atoms with Crippen LogP contribution in [0.1, 0.15) is 0 Å². The number of aromatic nitrogens is 1. The highest BCUT2D eigenvalue weighted by Crippen LogP contribution is 2.22. The Morgan fingerprint density at radius 2 is 1.92 bits per heavy atom. The molecule has 0 saturated carbocycles. The number of barbiturate groups is 1. The zero-order valence-corrected chi connectivity index (χ0v) is 13.8. The van der Waals surface area contributed by atoms with E-state index in [1.165, 1.54) is 12.4 Å². The lowest BCUT2D eigenvalue weighted by Crippen LogP contribution is -2.58. The predicted octanol–water partition coefficient (Wildman–Crippen LogP) is 2.45. The number of hydrogen-bond acceptors (Lipinski definition) is 5. The molecule has 4 amide bonds. The van der Waals surface area contributed by atoms with E-state index in [9.17, 15) is 14.4 Å². The van der Waals surface area contributed by atoms with E-state index in [-0.39, 0.29) is 0 Å². The molecule has 1 aliphatic rings. The molecular weight excluding hydrogens is 376 g/mol. The Morgan fingerprint density at radius 1 is 1.17 bits per heavy atom. The topological polar surface area (TPSA) is 91.7 Å². The van der Waals surface area contributed by atoms with E-state index in [0.717, 1.165) is 9.37 Å². The normalized spacial score (nSPS) is 18.1. The van der Waals surface area contributed by atoms with Crippen molar-refractivity contribution in [3.8, 4) is 0 Å². The number of rotatable bonds is 3. The van der Waals surface area contributed by atoms with E-state index < -0.39 is 23.8 Å². The van der Waals surface area contributed by atoms with Crippen LogP contribution in [-0.4, -0.2) is 29.0 Å². The van der Waals surface area contributed by atoms with Gasteiger partial charge >= 0.3 is 6.03 Å². The van der Waals surface area contributed by atoms with Crippen molar-refractivity contribution in [2.75, 3.05) is 4.90 Å². The highest BCUT2D eigenvalue weighted by molar-refractivity contribution is 9.10. The van der Waals surface area contributed by atoms with Crippen molar-refractivity contribution in [3.05, 3.63) is 53.3 Å². The maximum atomic E-state index is 12.6. The smallest absolute Gasteiger partial charge is 0.276 e. The lowest BCUT2D eigenvalue weighted by molar-refractivity contribution is -0.131. The number of anilines is 1. The lowest BCUT2D eigenvalue weighted by Gasteiger charge is -2.28. The monoisotopic (exact) mass is 386 g/mol. The quantitative estimate of drug-likeness (QED) is 0.647. The third-order valence-electron chi connectivity index (χ3n) is 3.31. The summed E-state index contributed by atoms with van der Waals surface area (Å²) in [5.74, 6) is -2.55. The van der Waals surface area contributed by atoms with Crippen LogP contribution in [0.4, 0.5) is 16.2 Å². The van der Waals surface area contributed by atoms with Gasteiger partial charge in [0, 0.05) is 16.9 Å². The van der Waals surface area contributed by atoms with E-state index >= 15 is 0 Å². The summed E-state index contributed by atoms with van der Waals surface area (Å²) in [7, 11) is 0. The molecular formula is C16H11BrN4O3. The number of urea groups is 1. The predicted molar refractivity (Wildman–Crippen MR) is 91.0 cm³/mol. The molecule has 0 bridgehead atoms. The minimum absolute atomic E-state index is 0.368. The van der Waals surface area contributed by atoms with Crippen LogP contribution in [0.25, 0.3) is 0 Å². The molecule has 1 saturated heterocycles. The van der Waals surface area contributed by atoms with E-state index in [2.05, 4.69) is 31.2 Å². The van der Waals surface area contributed by atoms with Gasteiger partial charge in [0.25, 0.3) is 5.91 Å². The number of hydrogen-bond donors (Lipinski definition) is 1. The summed E-state index contributed by atoms with van der Waals surface area (Å²) in [6.07, 6.45) is 4.30. The van der Waals surface area contributed by atoms with E-state index in [0.29, 0.717) is 11.4 Å². The molecule has 0 aliphatic carbocycles. The van der Waals surface area contributed by atoms with E-state index in [1.807, 2.05) is 0 Å². The fraction of sp³-hybridized carbons (Fsp3) is 0.0625. The second-order valence-electron chi connectivity index (χ2n) is 4.91. The number of nitrogens with one attached hydrogen (secondary N) is 1. The van der Waals surface area contributed by atoms with Crippen molar-refractivity contribution in [2.45, 2.75) is 0 Å². The van der Waals surface area contributed by atoms with Gasteiger partial charge in [-0.2, -0.15) is 0 Å². The van der Waals surface area contributed by atoms with Crippen molar-refractivity contribution >= 4 is 51.4 Å². The Balaban J connectivity index is 1.88. The molecule has 1 aromatic carbocycles. The fourth-order valence-electron chi connectivity index (χ4n) is 2.15. The first-order valence-corrected chi connectivity index (χ1v) is 7.74. The molecule has 1 aliphatic heterocycles. The first-order chi connectivity index (χ1) is 11.6. The average Bonchev–Trinajstić information content (AvgIpc) is 2.57. The van der Waals surface area contributed by atoms with Crippen molar-refractivity contribution in [3.63, 3.8) is 0 Å². The highest BCUT2D eigenvalue weighted by Gasteiger charge is 2.40. The SMILES string of the molecule is O=C1NC(=O)N(c2ccc(Br)cc2)C(=O)[C@@H]1C=Nc1cccnc1. The number of carbonyl (C=O) groups is 3. The maximum Gasteiger partial charge on any atom is 0.335 e. The second kappa shape index (κ2) is 6.71. The molecule has 1 N–H and O–H groups in total. The second-order valence-corrected chi connectivity index (χ2v) is 5.83. The number of pyridine rings is 1. The summed E-state index contributed by atoms with van der Waals surface area (Å²) in [6.45, 7) is 0. The Kier molecular flexibility index (Phi) is 4.48. The zero-order valence-electron chi connectivity index (χ0n) is 12.2. The van der Waals surface area contributed by atoms with E-state index in [1.54, 1.807) is 42.6 Å². The van der Waals surface area contributed by atoms with Gasteiger partial charge < -0.3 is 0 Å². The minimum Gasteiger partial charge on any atom is -0.276 e. The molecule has 0 radical (unpaired) electrons. The molecule has 8 heteroatoms. The van der Waals surface area contributed by atoms with Crippen LogP contribution in [0.2, 0.25) is 0 Å². The highest BCUT2D eigenvalue weighted by atomic mass is 79.9. The van der Waals surface area contributed by atoms with Crippen LogP contribution in [0.15, 0.2) is 58.3 Å². The first-order valence-electron chi connectivity index (χ1n) is 6.95. The van der Waals surface area contributed by atoms with Crippen LogP contribution >= 0.6 is 15.9 Å². The fourth-order valence-corrected chi connectivity index (χ4v) is 2.41. The summed E-state index contributed by atoms with van der Waals surface area (Å²) in [4.78, 5) is 45.5. The van der Waals surface area contributed by atoms with Crippen LogP contribution < -0.4 is 10.2 Å². The molecule has 7 nitrogen and oxygen atoms in total. The molecule has 0 spiro atoms. The minimum atomic E-state index is -1.19. The zero-order chi connectivity index (χ0) is 17.1. The first kappa shape index (κ1) is 16.0. The Labute approximate surface area is 145 Å². The lowest BCUT2D eigenvalue weighted by atomic mass is 10.1. The molecule has 1 atom stereocenters. The van der Waals surface area contributed by atoms with Crippen LogP contribution in [-0.2, 0) is 9.59 Å². The third-order valence-corrected chi connectivity index (χ3v) is 3.83. The summed E-state index contributed by atoms with van der Waals surface area (Å²) < 4.78 is 0.807. The van der Waals surface area contributed by atoms with Gasteiger partial charge in [0.1, 0.15) is 0 Å². The van der Waals surface area contributed by atoms with Gasteiger partial charge in [-0.15, -0.1) is 0 Å². The van der Waals surface area contributed by atoms with Crippen LogP contribution in [0.5, 0.6) is 0 Å². The molecule has 120 valence electrons. The molecule has 1 fully saturated rings. The van der Waals surface area contributed by atoms with Gasteiger partial charge in [-0.1, -0.05) is 15.9 Å². The van der Waals surface area contributed by atoms with Gasteiger partial charge in [0.2, 0.25) is 5.91 Å². The summed E-state index contributed by atoms with van der Waals surface area (Å²) in [6, 6.07) is 9.20. The number of aliphatic imine (C=N–C) groups is 1. The summed E-state index contributed by atoms with van der Waals surface area (Å²) >= 11 is 3.29. The summed E-state index contributed by atoms with van der Waals surface area (Å²) in [5.41, 5.74) is 0.873. The summed E-state index contributed by atoms with van der Waals surface area (Å²) in [5, 5.41) is 2.17. The van der Waals surface area contributed by atoms with E-state index in [4.69, 9.17) is 0 Å². The average molecular weight is 387 g/mol. The molecule has 2 aromatic rings. The molecule has 3 rings (SSSR count). The molecule has 1 aromatic heterocycles. The molecule has 24 heavy (non-hydrogen) atoms. The molecule has 0 unspecified atom stereocenters. The van der Waals surface area contributed by atoms with Gasteiger partial charge in [-0.25, -0.2) is 9.69 Å². The van der Waals surface area contributed by atoms with Crippen LogP contribution in [0.3, 0.4) is 0 Å². The van der Waals surface area contributed by atoms with Gasteiger partial charge in [-0.05, 0) is 36.4 Å². The number of amides is 4. The van der Waals surface area contributed by atoms with Crippen molar-refractivity contribution in [2.24, 2.45) is 10.9 Å². The van der Waals surface area contributed by atoms with Crippen LogP contribution in [0, 0.1) is 5.92 Å². The maximum absolute atomic E-state index is 12.6. The van der Waals surface area contributed by atoms with Gasteiger partial charge in [0.05, 0.1) is 17.6 Å². The van der Waals surface area contributed by atoms with Crippen molar-refractivity contribution in [1.82, 2.24) is 10.3 Å². The van der Waals surface area contributed by atoms with Gasteiger partial charge in [0.15, 0.2) is 5.92 Å².